The zero-order valence-electron chi connectivity index (χ0n) is 13.3. The number of rotatable bonds is 4. The molecule has 0 aliphatic carbocycles. The van der Waals surface area contributed by atoms with E-state index in [9.17, 15) is 14.9 Å². The Kier molecular flexibility index (Phi) is 6.78. The molecule has 1 aromatic carbocycles. The van der Waals surface area contributed by atoms with Crippen LogP contribution in [0, 0.1) is 16.0 Å². The van der Waals surface area contributed by atoms with E-state index in [1.54, 1.807) is 17.0 Å². The van der Waals surface area contributed by atoms with Crippen LogP contribution in [-0.2, 0) is 4.79 Å². The summed E-state index contributed by atoms with van der Waals surface area (Å²) in [5.74, 6) is 0.0935. The first kappa shape index (κ1) is 19.2. The lowest BCUT2D eigenvalue weighted by atomic mass is 10.0. The van der Waals surface area contributed by atoms with Crippen LogP contribution in [0.1, 0.15) is 13.8 Å². The molecule has 0 unspecified atom stereocenters. The van der Waals surface area contributed by atoms with E-state index in [1.165, 1.54) is 6.07 Å². The Morgan fingerprint density at radius 3 is 2.39 bits per heavy atom. The van der Waals surface area contributed by atoms with Crippen molar-refractivity contribution < 1.29 is 9.72 Å². The highest BCUT2D eigenvalue weighted by molar-refractivity contribution is 5.85. The van der Waals surface area contributed by atoms with E-state index in [-0.39, 0.29) is 29.9 Å². The molecule has 1 heterocycles. The molecule has 0 saturated carbocycles. The lowest BCUT2D eigenvalue weighted by Crippen LogP contribution is -2.54. The highest BCUT2D eigenvalue weighted by Gasteiger charge is 2.27. The topological polar surface area (TPSA) is 92.7 Å². The molecule has 0 bridgehead atoms. The van der Waals surface area contributed by atoms with E-state index in [4.69, 9.17) is 5.73 Å². The summed E-state index contributed by atoms with van der Waals surface area (Å²) < 4.78 is 0. The van der Waals surface area contributed by atoms with Crippen molar-refractivity contribution in [1.29, 1.82) is 0 Å². The number of hydrogen-bond donors (Lipinski definition) is 1. The van der Waals surface area contributed by atoms with Crippen LogP contribution in [-0.4, -0.2) is 48.0 Å². The maximum Gasteiger partial charge on any atom is 0.271 e. The van der Waals surface area contributed by atoms with Crippen molar-refractivity contribution in [2.45, 2.75) is 19.9 Å². The number of piperazine rings is 1. The van der Waals surface area contributed by atoms with Crippen LogP contribution < -0.4 is 10.6 Å². The van der Waals surface area contributed by atoms with Gasteiger partial charge in [-0.25, -0.2) is 0 Å². The average Bonchev–Trinajstić information content (AvgIpc) is 2.53. The first-order valence-corrected chi connectivity index (χ1v) is 7.44. The fourth-order valence-electron chi connectivity index (χ4n) is 2.48. The number of nitro benzene ring substituents is 1. The minimum atomic E-state index is -0.468. The van der Waals surface area contributed by atoms with Gasteiger partial charge >= 0.3 is 0 Å². The number of carbonyl (C=O) groups excluding carboxylic acids is 1. The van der Waals surface area contributed by atoms with Gasteiger partial charge in [0.1, 0.15) is 0 Å². The normalized spacial score (nSPS) is 16.0. The van der Waals surface area contributed by atoms with Gasteiger partial charge in [-0.05, 0) is 12.0 Å². The van der Waals surface area contributed by atoms with Gasteiger partial charge < -0.3 is 15.5 Å². The molecule has 7 nitrogen and oxygen atoms in total. The molecule has 1 amide bonds. The molecule has 2 rings (SSSR count). The number of benzene rings is 1. The number of carbonyl (C=O) groups is 1. The second-order valence-corrected chi connectivity index (χ2v) is 5.86. The van der Waals surface area contributed by atoms with Crippen molar-refractivity contribution in [3.05, 3.63) is 34.4 Å². The largest absolute Gasteiger partial charge is 0.368 e. The molecular formula is C15H23ClN4O3. The van der Waals surface area contributed by atoms with E-state index in [0.29, 0.717) is 26.2 Å². The first-order valence-electron chi connectivity index (χ1n) is 7.44. The van der Waals surface area contributed by atoms with E-state index < -0.39 is 11.0 Å². The number of anilines is 1. The number of halogens is 1. The summed E-state index contributed by atoms with van der Waals surface area (Å²) in [6.07, 6.45) is 0. The van der Waals surface area contributed by atoms with Gasteiger partial charge in [0, 0.05) is 44.0 Å². The molecule has 23 heavy (non-hydrogen) atoms. The summed E-state index contributed by atoms with van der Waals surface area (Å²) in [5.41, 5.74) is 6.81. The summed E-state index contributed by atoms with van der Waals surface area (Å²) in [6, 6.07) is 6.11. The number of amides is 1. The van der Waals surface area contributed by atoms with Crippen molar-refractivity contribution >= 4 is 29.7 Å². The highest BCUT2D eigenvalue weighted by atomic mass is 35.5. The maximum atomic E-state index is 12.2. The van der Waals surface area contributed by atoms with E-state index in [1.807, 2.05) is 19.9 Å². The van der Waals surface area contributed by atoms with E-state index in [0.717, 1.165) is 5.69 Å². The smallest absolute Gasteiger partial charge is 0.271 e. The zero-order chi connectivity index (χ0) is 16.3. The van der Waals surface area contributed by atoms with Gasteiger partial charge in [0.05, 0.1) is 11.0 Å². The molecular weight excluding hydrogens is 320 g/mol. The van der Waals surface area contributed by atoms with Crippen molar-refractivity contribution in [2.75, 3.05) is 31.1 Å². The Bertz CT molecular complexity index is 559. The van der Waals surface area contributed by atoms with E-state index in [2.05, 4.69) is 4.90 Å². The molecule has 1 aromatic rings. The van der Waals surface area contributed by atoms with E-state index >= 15 is 0 Å². The second-order valence-electron chi connectivity index (χ2n) is 5.86. The Balaban J connectivity index is 0.00000264. The molecule has 0 aromatic heterocycles. The van der Waals surface area contributed by atoms with Gasteiger partial charge in [-0.3, -0.25) is 14.9 Å². The molecule has 0 spiro atoms. The third-order valence-electron chi connectivity index (χ3n) is 4.00. The summed E-state index contributed by atoms with van der Waals surface area (Å²) in [6.45, 7) is 6.34. The van der Waals surface area contributed by atoms with Crippen LogP contribution in [0.25, 0.3) is 0 Å². The van der Waals surface area contributed by atoms with Gasteiger partial charge in [-0.15, -0.1) is 12.4 Å². The van der Waals surface area contributed by atoms with Gasteiger partial charge in [0.15, 0.2) is 0 Å². The highest BCUT2D eigenvalue weighted by Crippen LogP contribution is 2.22. The summed E-state index contributed by atoms with van der Waals surface area (Å²) in [4.78, 5) is 26.5. The fourth-order valence-corrected chi connectivity index (χ4v) is 2.48. The van der Waals surface area contributed by atoms with Crippen molar-refractivity contribution in [3.63, 3.8) is 0 Å². The van der Waals surface area contributed by atoms with Crippen molar-refractivity contribution in [3.8, 4) is 0 Å². The molecule has 128 valence electrons. The summed E-state index contributed by atoms with van der Waals surface area (Å²) in [7, 11) is 0. The Hall–Kier alpha value is -1.86. The molecule has 8 heteroatoms. The van der Waals surface area contributed by atoms with Crippen LogP contribution >= 0.6 is 12.4 Å². The number of nitrogens with zero attached hydrogens (tertiary/aromatic N) is 3. The molecule has 1 fully saturated rings. The van der Waals surface area contributed by atoms with Gasteiger partial charge in [-0.1, -0.05) is 19.9 Å². The lowest BCUT2D eigenvalue weighted by Gasteiger charge is -2.37. The summed E-state index contributed by atoms with van der Waals surface area (Å²) >= 11 is 0. The molecule has 2 N–H and O–H groups in total. The predicted molar refractivity (Wildman–Crippen MR) is 92.0 cm³/mol. The number of non-ortho nitro benzene ring substituents is 1. The molecule has 0 radical (unpaired) electrons. The van der Waals surface area contributed by atoms with Crippen LogP contribution in [0.15, 0.2) is 24.3 Å². The Morgan fingerprint density at radius 1 is 1.26 bits per heavy atom. The fraction of sp³-hybridized carbons (Fsp3) is 0.533. The molecule has 1 aliphatic heterocycles. The van der Waals surface area contributed by atoms with Gasteiger partial charge in [-0.2, -0.15) is 0 Å². The number of hydrogen-bond acceptors (Lipinski definition) is 5. The van der Waals surface area contributed by atoms with Crippen LogP contribution in [0.2, 0.25) is 0 Å². The van der Waals surface area contributed by atoms with Crippen LogP contribution in [0.5, 0.6) is 0 Å². The Morgan fingerprint density at radius 2 is 1.87 bits per heavy atom. The predicted octanol–water partition coefficient (Wildman–Crippen LogP) is 1.65. The SMILES string of the molecule is CC(C)[C@H](N)C(=O)N1CCN(c2cccc([N+](=O)[O-])c2)CC1.Cl. The second kappa shape index (κ2) is 8.12. The minimum absolute atomic E-state index is 0. The van der Waals surface area contributed by atoms with Gasteiger partial charge in [0.2, 0.25) is 5.91 Å². The summed E-state index contributed by atoms with van der Waals surface area (Å²) in [5, 5.41) is 10.8. The van der Waals surface area contributed by atoms with Crippen LogP contribution in [0.3, 0.4) is 0 Å². The average molecular weight is 343 g/mol. The monoisotopic (exact) mass is 342 g/mol. The third kappa shape index (κ3) is 4.56. The zero-order valence-corrected chi connectivity index (χ0v) is 14.2. The van der Waals surface area contributed by atoms with Crippen molar-refractivity contribution in [1.82, 2.24) is 4.90 Å². The van der Waals surface area contributed by atoms with Crippen molar-refractivity contribution in [2.24, 2.45) is 11.7 Å². The van der Waals surface area contributed by atoms with Gasteiger partial charge in [0.25, 0.3) is 5.69 Å². The number of nitrogens with two attached hydrogens (primary N) is 1. The minimum Gasteiger partial charge on any atom is -0.368 e. The Labute approximate surface area is 142 Å². The molecule has 1 atom stereocenters. The number of nitro groups is 1. The lowest BCUT2D eigenvalue weighted by molar-refractivity contribution is -0.384. The molecule has 1 saturated heterocycles. The molecule has 1 aliphatic rings. The quantitative estimate of drug-likeness (QED) is 0.663. The maximum absolute atomic E-state index is 12.2. The first-order chi connectivity index (χ1) is 10.4. The van der Waals surface area contributed by atoms with Crippen LogP contribution in [0.4, 0.5) is 11.4 Å². The standard InChI is InChI=1S/C15H22N4O3.ClH/c1-11(2)14(16)15(20)18-8-6-17(7-9-18)12-4-3-5-13(10-12)19(21)22;/h3-5,10-11,14H,6-9,16H2,1-2H3;1H/t14-;/m0./s1. The third-order valence-corrected chi connectivity index (χ3v) is 4.00.